The molecule has 0 radical (unpaired) electrons. The molecule has 0 saturated heterocycles. The molecule has 0 amide bonds. The summed E-state index contributed by atoms with van der Waals surface area (Å²) in [5.41, 5.74) is 0. The summed E-state index contributed by atoms with van der Waals surface area (Å²) in [6, 6.07) is 0. The Balaban J connectivity index is 3.51. The lowest BCUT2D eigenvalue weighted by molar-refractivity contribution is 0.405. The van der Waals surface area contributed by atoms with Gasteiger partial charge in [0.15, 0.2) is 0 Å². The molecule has 1 heteroatoms. The van der Waals surface area contributed by atoms with Crippen molar-refractivity contribution in [1.82, 2.24) is 0 Å². The van der Waals surface area contributed by atoms with Crippen molar-refractivity contribution in [3.8, 4) is 0 Å². The van der Waals surface area contributed by atoms with Crippen LogP contribution >= 0.6 is 15.9 Å². The Morgan fingerprint density at radius 1 is 0.667 bits per heavy atom. The zero-order chi connectivity index (χ0) is 13.6. The van der Waals surface area contributed by atoms with E-state index in [2.05, 4.69) is 36.7 Å². The summed E-state index contributed by atoms with van der Waals surface area (Å²) < 4.78 is 0. The second-order valence-corrected chi connectivity index (χ2v) is 7.29. The van der Waals surface area contributed by atoms with Crippen LogP contribution in [0.5, 0.6) is 0 Å². The maximum Gasteiger partial charge on any atom is 0.0145 e. The Bertz CT molecular complexity index is 154. The molecule has 0 rings (SSSR count). The average Bonchev–Trinajstić information content (AvgIpc) is 2.35. The molecule has 0 aliphatic carbocycles. The second-order valence-electron chi connectivity index (χ2n) is 5.84. The first-order chi connectivity index (χ1) is 8.72. The highest BCUT2D eigenvalue weighted by molar-refractivity contribution is 9.09. The topological polar surface area (TPSA) is 0 Å². The Hall–Kier alpha value is 0.480. The molecule has 0 N–H and O–H groups in total. The number of unbranched alkanes of at least 4 members (excludes halogenated alkanes) is 8. The van der Waals surface area contributed by atoms with Crippen LogP contribution in [-0.2, 0) is 0 Å². The molecule has 0 aliphatic rings. The molecule has 0 aromatic heterocycles. The minimum Gasteiger partial charge on any atom is -0.0891 e. The van der Waals surface area contributed by atoms with E-state index in [9.17, 15) is 0 Å². The van der Waals surface area contributed by atoms with E-state index in [0.29, 0.717) is 4.83 Å². The van der Waals surface area contributed by atoms with Crippen molar-refractivity contribution in [3.63, 3.8) is 0 Å². The molecule has 0 aromatic carbocycles. The number of hydrogen-bond donors (Lipinski definition) is 0. The molecule has 0 spiro atoms. The lowest BCUT2D eigenvalue weighted by atomic mass is 9.92. The summed E-state index contributed by atoms with van der Waals surface area (Å²) in [6.45, 7) is 6.92. The minimum atomic E-state index is 0.703. The molecular weight excluding hydrogens is 284 g/mol. The van der Waals surface area contributed by atoms with E-state index in [1.165, 1.54) is 77.0 Å². The maximum atomic E-state index is 3.80. The van der Waals surface area contributed by atoms with Crippen molar-refractivity contribution in [2.24, 2.45) is 5.92 Å². The van der Waals surface area contributed by atoms with Gasteiger partial charge < -0.3 is 0 Å². The highest BCUT2D eigenvalue weighted by atomic mass is 79.9. The van der Waals surface area contributed by atoms with E-state index in [0.717, 1.165) is 5.92 Å². The summed E-state index contributed by atoms with van der Waals surface area (Å²) in [5.74, 6) is 0.910. The maximum absolute atomic E-state index is 3.80. The summed E-state index contributed by atoms with van der Waals surface area (Å²) in [6.07, 6.45) is 17.1. The normalized spacial score (nSPS) is 14.7. The first-order valence-electron chi connectivity index (χ1n) is 8.36. The zero-order valence-electron chi connectivity index (χ0n) is 13.0. The lowest BCUT2D eigenvalue weighted by Gasteiger charge is -2.19. The van der Waals surface area contributed by atoms with Crippen molar-refractivity contribution in [1.29, 1.82) is 0 Å². The Morgan fingerprint density at radius 3 is 1.50 bits per heavy atom. The van der Waals surface area contributed by atoms with E-state index in [4.69, 9.17) is 0 Å². The lowest BCUT2D eigenvalue weighted by Crippen LogP contribution is -2.11. The molecule has 0 aromatic rings. The van der Waals surface area contributed by atoms with Crippen molar-refractivity contribution in [2.75, 3.05) is 0 Å². The third kappa shape index (κ3) is 11.6. The quantitative estimate of drug-likeness (QED) is 0.251. The summed E-state index contributed by atoms with van der Waals surface area (Å²) >= 11 is 3.80. The van der Waals surface area contributed by atoms with Gasteiger partial charge in [0, 0.05) is 4.83 Å². The molecule has 0 heterocycles. The predicted octanol–water partition coefficient (Wildman–Crippen LogP) is 7.11. The van der Waals surface area contributed by atoms with Gasteiger partial charge >= 0.3 is 0 Å². The second kappa shape index (κ2) is 13.9. The van der Waals surface area contributed by atoms with E-state index >= 15 is 0 Å². The van der Waals surface area contributed by atoms with E-state index in [-0.39, 0.29) is 0 Å². The fraction of sp³-hybridized carbons (Fsp3) is 1.00. The van der Waals surface area contributed by atoms with Crippen molar-refractivity contribution >= 4 is 15.9 Å². The highest BCUT2D eigenvalue weighted by Crippen LogP contribution is 2.25. The van der Waals surface area contributed by atoms with E-state index < -0.39 is 0 Å². The van der Waals surface area contributed by atoms with Crippen LogP contribution in [0.3, 0.4) is 0 Å². The van der Waals surface area contributed by atoms with Gasteiger partial charge in [-0.1, -0.05) is 101 Å². The number of hydrogen-bond acceptors (Lipinski definition) is 0. The van der Waals surface area contributed by atoms with Gasteiger partial charge in [0.2, 0.25) is 0 Å². The average molecular weight is 319 g/mol. The molecule has 2 unspecified atom stereocenters. The van der Waals surface area contributed by atoms with Crippen LogP contribution in [0.15, 0.2) is 0 Å². The van der Waals surface area contributed by atoms with Gasteiger partial charge in [-0.05, 0) is 18.8 Å². The van der Waals surface area contributed by atoms with Crippen molar-refractivity contribution < 1.29 is 0 Å². The Labute approximate surface area is 124 Å². The summed E-state index contributed by atoms with van der Waals surface area (Å²) in [5, 5.41) is 0. The Morgan fingerprint density at radius 2 is 1.06 bits per heavy atom. The monoisotopic (exact) mass is 318 g/mol. The molecule has 0 fully saturated rings. The largest absolute Gasteiger partial charge is 0.0891 e. The van der Waals surface area contributed by atoms with Crippen LogP contribution in [0.4, 0.5) is 0 Å². The Kier molecular flexibility index (Phi) is 14.3. The van der Waals surface area contributed by atoms with Crippen LogP contribution in [-0.4, -0.2) is 4.83 Å². The van der Waals surface area contributed by atoms with Gasteiger partial charge in [-0.3, -0.25) is 0 Å². The molecule has 2 atom stereocenters. The predicted molar refractivity (Wildman–Crippen MR) is 88.6 cm³/mol. The summed E-state index contributed by atoms with van der Waals surface area (Å²) in [7, 11) is 0. The van der Waals surface area contributed by atoms with Gasteiger partial charge in [0.05, 0.1) is 0 Å². The number of alkyl halides is 1. The van der Waals surface area contributed by atoms with Crippen molar-refractivity contribution in [2.45, 2.75) is 103 Å². The SMILES string of the molecule is CCCCCCCCC(CCCCCC)C(C)Br. The van der Waals surface area contributed by atoms with E-state index in [1.807, 2.05) is 0 Å². The fourth-order valence-electron chi connectivity index (χ4n) is 2.62. The highest BCUT2D eigenvalue weighted by Gasteiger charge is 2.13. The molecule has 0 nitrogen and oxygen atoms in total. The smallest absolute Gasteiger partial charge is 0.0145 e. The summed E-state index contributed by atoms with van der Waals surface area (Å²) in [4.78, 5) is 0.703. The minimum absolute atomic E-state index is 0.703. The van der Waals surface area contributed by atoms with Gasteiger partial charge in [0.1, 0.15) is 0 Å². The standard InChI is InChI=1S/C17H35Br/c1-4-6-8-10-11-13-15-17(16(3)18)14-12-9-7-5-2/h16-17H,4-15H2,1-3H3. The molecule has 0 bridgehead atoms. The molecule has 18 heavy (non-hydrogen) atoms. The fourth-order valence-corrected chi connectivity index (χ4v) is 3.15. The van der Waals surface area contributed by atoms with Crippen LogP contribution in [0, 0.1) is 5.92 Å². The number of rotatable bonds is 13. The number of halogens is 1. The van der Waals surface area contributed by atoms with Gasteiger partial charge in [0.25, 0.3) is 0 Å². The van der Waals surface area contributed by atoms with E-state index in [1.54, 1.807) is 0 Å². The molecule has 0 aliphatic heterocycles. The van der Waals surface area contributed by atoms with Crippen LogP contribution in [0.1, 0.15) is 97.8 Å². The molecule has 110 valence electrons. The van der Waals surface area contributed by atoms with Crippen LogP contribution < -0.4 is 0 Å². The molecular formula is C17H35Br. The first-order valence-corrected chi connectivity index (χ1v) is 9.28. The third-order valence-corrected chi connectivity index (χ3v) is 4.75. The van der Waals surface area contributed by atoms with Gasteiger partial charge in [-0.2, -0.15) is 0 Å². The molecule has 0 saturated carbocycles. The first kappa shape index (κ1) is 18.5. The van der Waals surface area contributed by atoms with Gasteiger partial charge in [-0.15, -0.1) is 0 Å². The van der Waals surface area contributed by atoms with Crippen LogP contribution in [0.25, 0.3) is 0 Å². The van der Waals surface area contributed by atoms with Crippen LogP contribution in [0.2, 0.25) is 0 Å². The third-order valence-electron chi connectivity index (χ3n) is 4.01. The van der Waals surface area contributed by atoms with Gasteiger partial charge in [-0.25, -0.2) is 0 Å². The van der Waals surface area contributed by atoms with Crippen molar-refractivity contribution in [3.05, 3.63) is 0 Å². The zero-order valence-corrected chi connectivity index (χ0v) is 14.6.